The molecule has 2 heterocycles. The van der Waals surface area contributed by atoms with E-state index in [-0.39, 0.29) is 0 Å². The topological polar surface area (TPSA) is 43.9 Å². The molecule has 0 spiro atoms. The maximum atomic E-state index is 5.96. The zero-order valence-electron chi connectivity index (χ0n) is 23.6. The molecule has 0 saturated carbocycles. The van der Waals surface area contributed by atoms with E-state index < -0.39 is 0 Å². The van der Waals surface area contributed by atoms with Gasteiger partial charge in [0.1, 0.15) is 0 Å². The Hall–Kier alpha value is -5.74. The second kappa shape index (κ2) is 10.3. The van der Waals surface area contributed by atoms with Crippen molar-refractivity contribution in [3.05, 3.63) is 151 Å². The fourth-order valence-electron chi connectivity index (χ4n) is 5.82. The SMILES string of the molecule is Cc1ccc(-c2ccc(-n3c4ccccc4c4cc(-c5ccc(-c6nnc(-c7ccccc7)o6)cc5)ccc43)cc2)cc1. The lowest BCUT2D eigenvalue weighted by Gasteiger charge is -2.10. The number of hydrogen-bond donors (Lipinski definition) is 0. The van der Waals surface area contributed by atoms with Gasteiger partial charge in [-0.15, -0.1) is 10.2 Å². The van der Waals surface area contributed by atoms with Gasteiger partial charge in [-0.2, -0.15) is 0 Å². The quantitative estimate of drug-likeness (QED) is 0.213. The predicted molar refractivity (Wildman–Crippen MR) is 175 cm³/mol. The molecule has 0 amide bonds. The summed E-state index contributed by atoms with van der Waals surface area (Å²) in [5.41, 5.74) is 11.3. The van der Waals surface area contributed by atoms with Crippen molar-refractivity contribution >= 4 is 21.8 Å². The molecule has 0 bridgehead atoms. The van der Waals surface area contributed by atoms with Crippen molar-refractivity contribution in [2.45, 2.75) is 6.92 Å². The second-order valence-corrected chi connectivity index (χ2v) is 10.9. The second-order valence-electron chi connectivity index (χ2n) is 10.9. The van der Waals surface area contributed by atoms with Crippen LogP contribution in [0.5, 0.6) is 0 Å². The van der Waals surface area contributed by atoms with Crippen LogP contribution in [-0.4, -0.2) is 14.8 Å². The maximum Gasteiger partial charge on any atom is 0.248 e. The van der Waals surface area contributed by atoms with E-state index in [0.717, 1.165) is 27.9 Å². The van der Waals surface area contributed by atoms with Crippen molar-refractivity contribution in [3.8, 4) is 50.8 Å². The first-order valence-electron chi connectivity index (χ1n) is 14.4. The van der Waals surface area contributed by atoms with Gasteiger partial charge >= 0.3 is 0 Å². The molecule has 0 fully saturated rings. The van der Waals surface area contributed by atoms with E-state index in [4.69, 9.17) is 4.42 Å². The lowest BCUT2D eigenvalue weighted by atomic mass is 10.0. The summed E-state index contributed by atoms with van der Waals surface area (Å²) in [4.78, 5) is 0. The van der Waals surface area contributed by atoms with Gasteiger partial charge in [-0.3, -0.25) is 0 Å². The van der Waals surface area contributed by atoms with Crippen LogP contribution in [0.3, 0.4) is 0 Å². The highest BCUT2D eigenvalue weighted by Crippen LogP contribution is 2.36. The summed E-state index contributed by atoms with van der Waals surface area (Å²) >= 11 is 0. The lowest BCUT2D eigenvalue weighted by Crippen LogP contribution is -1.93. The molecule has 2 aromatic heterocycles. The van der Waals surface area contributed by atoms with Crippen LogP contribution in [0.1, 0.15) is 5.56 Å². The summed E-state index contributed by atoms with van der Waals surface area (Å²) in [6, 6.07) is 51.1. The van der Waals surface area contributed by atoms with Gasteiger partial charge in [0.15, 0.2) is 0 Å². The Morgan fingerprint density at radius 1 is 0.442 bits per heavy atom. The molecule has 0 aliphatic carbocycles. The fraction of sp³-hybridized carbons (Fsp3) is 0.0256. The van der Waals surface area contributed by atoms with Gasteiger partial charge in [0.05, 0.1) is 11.0 Å². The van der Waals surface area contributed by atoms with Gasteiger partial charge in [-0.25, -0.2) is 0 Å². The van der Waals surface area contributed by atoms with Crippen molar-refractivity contribution in [2.24, 2.45) is 0 Å². The zero-order valence-corrected chi connectivity index (χ0v) is 23.6. The number of hydrogen-bond acceptors (Lipinski definition) is 3. The average Bonchev–Trinajstić information content (AvgIpc) is 3.69. The first kappa shape index (κ1) is 25.0. The Morgan fingerprint density at radius 3 is 1.67 bits per heavy atom. The Labute approximate surface area is 249 Å². The van der Waals surface area contributed by atoms with Crippen LogP contribution in [0.25, 0.3) is 72.7 Å². The fourth-order valence-corrected chi connectivity index (χ4v) is 5.82. The summed E-state index contributed by atoms with van der Waals surface area (Å²) in [6.07, 6.45) is 0. The molecule has 4 nitrogen and oxygen atoms in total. The minimum atomic E-state index is 0.511. The molecule has 4 heteroatoms. The molecule has 0 saturated heterocycles. The lowest BCUT2D eigenvalue weighted by molar-refractivity contribution is 0.584. The highest BCUT2D eigenvalue weighted by molar-refractivity contribution is 6.10. The summed E-state index contributed by atoms with van der Waals surface area (Å²) in [5, 5.41) is 11.0. The normalized spacial score (nSPS) is 11.4. The Bertz CT molecular complexity index is 2210. The predicted octanol–water partition coefficient (Wildman–Crippen LogP) is 10.1. The van der Waals surface area contributed by atoms with Crippen LogP contribution < -0.4 is 0 Å². The van der Waals surface area contributed by atoms with Gasteiger partial charge in [0, 0.05) is 27.6 Å². The van der Waals surface area contributed by atoms with E-state index >= 15 is 0 Å². The molecular weight excluding hydrogens is 526 g/mol. The monoisotopic (exact) mass is 553 g/mol. The smallest absolute Gasteiger partial charge is 0.248 e. The third kappa shape index (κ3) is 4.50. The van der Waals surface area contributed by atoms with E-state index in [1.807, 2.05) is 42.5 Å². The van der Waals surface area contributed by atoms with Crippen molar-refractivity contribution < 1.29 is 4.42 Å². The average molecular weight is 554 g/mol. The van der Waals surface area contributed by atoms with Gasteiger partial charge in [-0.1, -0.05) is 96.6 Å². The Morgan fingerprint density at radius 2 is 0.953 bits per heavy atom. The van der Waals surface area contributed by atoms with E-state index in [2.05, 4.69) is 125 Å². The molecule has 0 atom stereocenters. The van der Waals surface area contributed by atoms with E-state index in [1.165, 1.54) is 38.5 Å². The van der Waals surface area contributed by atoms with Crippen LogP contribution in [0.4, 0.5) is 0 Å². The van der Waals surface area contributed by atoms with Crippen molar-refractivity contribution in [1.82, 2.24) is 14.8 Å². The Balaban J connectivity index is 1.14. The van der Waals surface area contributed by atoms with Crippen LogP contribution in [-0.2, 0) is 0 Å². The van der Waals surface area contributed by atoms with E-state index in [1.54, 1.807) is 0 Å². The summed E-state index contributed by atoms with van der Waals surface area (Å²) < 4.78 is 8.32. The maximum absolute atomic E-state index is 5.96. The first-order chi connectivity index (χ1) is 21.2. The summed E-state index contributed by atoms with van der Waals surface area (Å²) in [5.74, 6) is 1.03. The number of aryl methyl sites for hydroxylation is 1. The molecule has 0 radical (unpaired) electrons. The number of rotatable bonds is 5. The molecule has 0 unspecified atom stereocenters. The Kier molecular flexibility index (Phi) is 5.97. The third-order valence-corrected chi connectivity index (χ3v) is 8.09. The van der Waals surface area contributed by atoms with E-state index in [9.17, 15) is 0 Å². The molecular formula is C39H27N3O. The van der Waals surface area contributed by atoms with Crippen LogP contribution in [0.2, 0.25) is 0 Å². The molecule has 0 aliphatic rings. The molecule has 8 rings (SSSR count). The van der Waals surface area contributed by atoms with Crippen LogP contribution in [0, 0.1) is 6.92 Å². The van der Waals surface area contributed by atoms with Gasteiger partial charge in [0.2, 0.25) is 11.8 Å². The van der Waals surface area contributed by atoms with Crippen molar-refractivity contribution in [3.63, 3.8) is 0 Å². The molecule has 6 aromatic carbocycles. The number of fused-ring (bicyclic) bond motifs is 3. The van der Waals surface area contributed by atoms with Crippen LogP contribution in [0.15, 0.2) is 150 Å². The molecule has 43 heavy (non-hydrogen) atoms. The summed E-state index contributed by atoms with van der Waals surface area (Å²) in [7, 11) is 0. The largest absolute Gasteiger partial charge is 0.416 e. The van der Waals surface area contributed by atoms with Crippen molar-refractivity contribution in [1.29, 1.82) is 0 Å². The van der Waals surface area contributed by atoms with Crippen LogP contribution >= 0.6 is 0 Å². The van der Waals surface area contributed by atoms with E-state index in [0.29, 0.717) is 11.8 Å². The van der Waals surface area contributed by atoms with Gasteiger partial charge < -0.3 is 8.98 Å². The van der Waals surface area contributed by atoms with Crippen molar-refractivity contribution in [2.75, 3.05) is 0 Å². The van der Waals surface area contributed by atoms with Gasteiger partial charge in [-0.05, 0) is 83.8 Å². The standard InChI is InChI=1S/C39H27N3O/c1-26-11-13-27(14-12-26)28-19-22-33(23-20-28)42-36-10-6-5-9-34(36)35-25-32(21-24-37(35)42)29-15-17-31(18-16-29)39-41-40-38(43-39)30-7-3-2-4-8-30/h2-25H,1H3. The highest BCUT2D eigenvalue weighted by Gasteiger charge is 2.14. The van der Waals surface area contributed by atoms with Gasteiger partial charge in [0.25, 0.3) is 0 Å². The highest BCUT2D eigenvalue weighted by atomic mass is 16.4. The zero-order chi connectivity index (χ0) is 28.8. The minimum absolute atomic E-state index is 0.511. The molecule has 0 aliphatic heterocycles. The summed E-state index contributed by atoms with van der Waals surface area (Å²) in [6.45, 7) is 2.12. The molecule has 204 valence electrons. The number of nitrogens with zero attached hydrogens (tertiary/aromatic N) is 3. The first-order valence-corrected chi connectivity index (χ1v) is 14.4. The third-order valence-electron chi connectivity index (χ3n) is 8.09. The molecule has 0 N–H and O–H groups in total. The number of para-hydroxylation sites is 1. The molecule has 8 aromatic rings. The number of benzene rings is 6. The minimum Gasteiger partial charge on any atom is -0.416 e. The number of aromatic nitrogens is 3.